The molecule has 28 heavy (non-hydrogen) atoms. The molecule has 2 aromatic carbocycles. The van der Waals surface area contributed by atoms with Gasteiger partial charge in [0.15, 0.2) is 5.16 Å². The molecule has 0 bridgehead atoms. The smallest absolute Gasteiger partial charge is 0.266 e. The van der Waals surface area contributed by atoms with Crippen molar-refractivity contribution in [1.29, 1.82) is 0 Å². The quantitative estimate of drug-likeness (QED) is 0.467. The number of carbonyl (C=O) groups is 1. The molecule has 0 unspecified atom stereocenters. The minimum absolute atomic E-state index is 0.0489. The summed E-state index contributed by atoms with van der Waals surface area (Å²) in [7, 11) is 0. The first-order chi connectivity index (χ1) is 13.5. The van der Waals surface area contributed by atoms with Crippen LogP contribution in [0.1, 0.15) is 26.3 Å². The Morgan fingerprint density at radius 3 is 2.39 bits per heavy atom. The molecule has 6 heteroatoms. The van der Waals surface area contributed by atoms with Crippen molar-refractivity contribution in [1.82, 2.24) is 14.5 Å². The zero-order chi connectivity index (χ0) is 20.3. The summed E-state index contributed by atoms with van der Waals surface area (Å²) in [6.45, 7) is 9.13. The second kappa shape index (κ2) is 8.61. The van der Waals surface area contributed by atoms with E-state index < -0.39 is 0 Å². The number of nitrogens with zero attached hydrogens (tertiary/aromatic N) is 3. The van der Waals surface area contributed by atoms with Crippen molar-refractivity contribution >= 4 is 28.6 Å². The van der Waals surface area contributed by atoms with Crippen LogP contribution in [0.25, 0.3) is 16.6 Å². The third kappa shape index (κ3) is 3.97. The molecule has 5 nitrogen and oxygen atoms in total. The molecule has 0 saturated heterocycles. The highest BCUT2D eigenvalue weighted by atomic mass is 32.2. The summed E-state index contributed by atoms with van der Waals surface area (Å²) in [5.41, 5.74) is 2.38. The molecule has 3 aromatic rings. The Morgan fingerprint density at radius 1 is 1.11 bits per heavy atom. The van der Waals surface area contributed by atoms with Crippen molar-refractivity contribution < 1.29 is 4.79 Å². The van der Waals surface area contributed by atoms with E-state index >= 15 is 0 Å². The standard InChI is InChI=1S/C22H25N3O2S/c1-5-24(6-2)20(26)16(4)28-22-23-19-10-8-7-9-18(19)21(27)25(22)17-13-11-15(3)12-14-17/h7-14,16H,5-6H2,1-4H3/t16-/m1/s1. The Kier molecular flexibility index (Phi) is 6.19. The Balaban J connectivity index is 2.12. The van der Waals surface area contributed by atoms with E-state index in [-0.39, 0.29) is 16.7 Å². The molecule has 0 radical (unpaired) electrons. The molecule has 1 heterocycles. The van der Waals surface area contributed by atoms with Gasteiger partial charge in [0.2, 0.25) is 5.91 Å². The van der Waals surface area contributed by atoms with Gasteiger partial charge in [-0.2, -0.15) is 0 Å². The molecule has 0 saturated carbocycles. The first-order valence-corrected chi connectivity index (χ1v) is 10.4. The molecule has 146 valence electrons. The van der Waals surface area contributed by atoms with Crippen molar-refractivity contribution in [2.45, 2.75) is 38.1 Å². The second-order valence-electron chi connectivity index (χ2n) is 6.66. The first-order valence-electron chi connectivity index (χ1n) is 9.50. The molecule has 1 amide bonds. The van der Waals surface area contributed by atoms with Crippen molar-refractivity contribution in [3.05, 3.63) is 64.4 Å². The third-order valence-corrected chi connectivity index (χ3v) is 5.78. The van der Waals surface area contributed by atoms with E-state index in [0.29, 0.717) is 29.1 Å². The van der Waals surface area contributed by atoms with Crippen molar-refractivity contribution in [2.24, 2.45) is 0 Å². The molecule has 0 spiro atoms. The van der Waals surface area contributed by atoms with E-state index in [4.69, 9.17) is 4.98 Å². The normalized spacial score (nSPS) is 12.1. The van der Waals surface area contributed by atoms with Crippen LogP contribution in [-0.2, 0) is 4.79 Å². The van der Waals surface area contributed by atoms with Crippen LogP contribution in [0.15, 0.2) is 58.5 Å². The number of rotatable bonds is 6. The average Bonchev–Trinajstić information content (AvgIpc) is 2.70. The second-order valence-corrected chi connectivity index (χ2v) is 7.97. The Morgan fingerprint density at radius 2 is 1.75 bits per heavy atom. The van der Waals surface area contributed by atoms with Gasteiger partial charge in [0, 0.05) is 13.1 Å². The molecule has 3 rings (SSSR count). The minimum Gasteiger partial charge on any atom is -0.342 e. The lowest BCUT2D eigenvalue weighted by Gasteiger charge is -2.23. The average molecular weight is 396 g/mol. The predicted octanol–water partition coefficient (Wildman–Crippen LogP) is 4.04. The molecule has 0 aliphatic rings. The van der Waals surface area contributed by atoms with Crippen molar-refractivity contribution in [3.63, 3.8) is 0 Å². The van der Waals surface area contributed by atoms with E-state index in [1.165, 1.54) is 11.8 Å². The highest BCUT2D eigenvalue weighted by Crippen LogP contribution is 2.26. The highest BCUT2D eigenvalue weighted by Gasteiger charge is 2.23. The summed E-state index contributed by atoms with van der Waals surface area (Å²) in [5.74, 6) is 0.0489. The van der Waals surface area contributed by atoms with Gasteiger partial charge in [0.1, 0.15) is 0 Å². The number of aryl methyl sites for hydroxylation is 1. The zero-order valence-electron chi connectivity index (χ0n) is 16.7. The van der Waals surface area contributed by atoms with Crippen molar-refractivity contribution in [2.75, 3.05) is 13.1 Å². The molecular weight excluding hydrogens is 370 g/mol. The molecule has 1 atom stereocenters. The maximum Gasteiger partial charge on any atom is 0.266 e. The van der Waals surface area contributed by atoms with Gasteiger partial charge in [0.05, 0.1) is 21.8 Å². The van der Waals surface area contributed by atoms with Gasteiger partial charge in [-0.15, -0.1) is 0 Å². The molecule has 0 fully saturated rings. The van der Waals surface area contributed by atoms with Gasteiger partial charge in [0.25, 0.3) is 5.56 Å². The van der Waals surface area contributed by atoms with Gasteiger partial charge >= 0.3 is 0 Å². The zero-order valence-corrected chi connectivity index (χ0v) is 17.5. The number of hydrogen-bond acceptors (Lipinski definition) is 4. The van der Waals surface area contributed by atoms with Gasteiger partial charge in [-0.3, -0.25) is 14.2 Å². The van der Waals surface area contributed by atoms with Crippen LogP contribution in [0.4, 0.5) is 0 Å². The van der Waals surface area contributed by atoms with E-state index in [1.807, 2.05) is 70.2 Å². The number of benzene rings is 2. The van der Waals surface area contributed by atoms with E-state index in [2.05, 4.69) is 0 Å². The van der Waals surface area contributed by atoms with Crippen LogP contribution in [0.3, 0.4) is 0 Å². The number of hydrogen-bond donors (Lipinski definition) is 0. The molecule has 0 aliphatic carbocycles. The summed E-state index contributed by atoms with van der Waals surface area (Å²) < 4.78 is 1.61. The Labute approximate surface area is 169 Å². The van der Waals surface area contributed by atoms with Gasteiger partial charge < -0.3 is 4.90 Å². The van der Waals surface area contributed by atoms with Crippen LogP contribution in [0.5, 0.6) is 0 Å². The van der Waals surface area contributed by atoms with E-state index in [9.17, 15) is 9.59 Å². The van der Waals surface area contributed by atoms with Crippen LogP contribution in [-0.4, -0.2) is 38.7 Å². The van der Waals surface area contributed by atoms with Gasteiger partial charge in [-0.25, -0.2) is 4.98 Å². The van der Waals surface area contributed by atoms with Gasteiger partial charge in [-0.05, 0) is 52.0 Å². The molecular formula is C22H25N3O2S. The highest BCUT2D eigenvalue weighted by molar-refractivity contribution is 8.00. The Bertz CT molecular complexity index is 1040. The van der Waals surface area contributed by atoms with Crippen LogP contribution in [0.2, 0.25) is 0 Å². The fourth-order valence-electron chi connectivity index (χ4n) is 3.11. The van der Waals surface area contributed by atoms with Crippen molar-refractivity contribution in [3.8, 4) is 5.69 Å². The van der Waals surface area contributed by atoms with Crippen LogP contribution < -0.4 is 5.56 Å². The predicted molar refractivity (Wildman–Crippen MR) is 115 cm³/mol. The topological polar surface area (TPSA) is 55.2 Å². The summed E-state index contributed by atoms with van der Waals surface area (Å²) >= 11 is 1.33. The summed E-state index contributed by atoms with van der Waals surface area (Å²) in [5, 5.41) is 0.750. The number of thioether (sulfide) groups is 1. The van der Waals surface area contributed by atoms with E-state index in [1.54, 1.807) is 15.5 Å². The fraction of sp³-hybridized carbons (Fsp3) is 0.318. The number of carbonyl (C=O) groups excluding carboxylic acids is 1. The third-order valence-electron chi connectivity index (χ3n) is 4.74. The number of para-hydroxylation sites is 1. The Hall–Kier alpha value is -2.60. The van der Waals surface area contributed by atoms with E-state index in [0.717, 1.165) is 11.3 Å². The maximum absolute atomic E-state index is 13.2. The summed E-state index contributed by atoms with van der Waals surface area (Å²) in [4.78, 5) is 32.5. The number of amides is 1. The lowest BCUT2D eigenvalue weighted by Crippen LogP contribution is -2.36. The lowest BCUT2D eigenvalue weighted by molar-refractivity contribution is -0.129. The number of fused-ring (bicyclic) bond motifs is 1. The summed E-state index contributed by atoms with van der Waals surface area (Å²) in [6.07, 6.45) is 0. The maximum atomic E-state index is 13.2. The molecule has 0 N–H and O–H groups in total. The number of aromatic nitrogens is 2. The minimum atomic E-state index is -0.343. The molecule has 1 aromatic heterocycles. The summed E-state index contributed by atoms with van der Waals surface area (Å²) in [6, 6.07) is 15.1. The lowest BCUT2D eigenvalue weighted by atomic mass is 10.2. The van der Waals surface area contributed by atoms with Crippen LogP contribution in [0, 0.1) is 6.92 Å². The first kappa shape index (κ1) is 20.1. The SMILES string of the molecule is CCN(CC)C(=O)[C@@H](C)Sc1nc2ccccc2c(=O)n1-c1ccc(C)cc1. The fourth-order valence-corrected chi connectivity index (χ4v) is 4.12. The van der Waals surface area contributed by atoms with Crippen LogP contribution >= 0.6 is 11.8 Å². The van der Waals surface area contributed by atoms with Gasteiger partial charge in [-0.1, -0.05) is 41.6 Å². The largest absolute Gasteiger partial charge is 0.342 e. The molecule has 0 aliphatic heterocycles. The monoisotopic (exact) mass is 395 g/mol.